The van der Waals surface area contributed by atoms with Crippen molar-refractivity contribution in [3.05, 3.63) is 164 Å². The third-order valence-electron chi connectivity index (χ3n) is 10.6. The van der Waals surface area contributed by atoms with Gasteiger partial charge in [0.2, 0.25) is 0 Å². The van der Waals surface area contributed by atoms with Crippen molar-refractivity contribution in [2.75, 3.05) is 0 Å². The second kappa shape index (κ2) is 12.5. The normalized spacial score (nSPS) is 11.9. The number of para-hydroxylation sites is 3. The third kappa shape index (κ3) is 5.15. The van der Waals surface area contributed by atoms with E-state index in [9.17, 15) is 0 Å². The SMILES string of the molecule is c1ccc(-c2nc(-c3ccc(-c4nc(-c5ccc6oc7ccccc7c6c5)nc5c4sc4ccccc45)cc3)nc(-c3cccc4c3oc3ccccc34)n2)cc1. The fourth-order valence-corrected chi connectivity index (χ4v) is 8.98. The molecule has 0 radical (unpaired) electrons. The molecule has 5 heterocycles. The number of hydrogen-bond donors (Lipinski definition) is 0. The van der Waals surface area contributed by atoms with Crippen molar-refractivity contribution >= 4 is 75.5 Å². The lowest BCUT2D eigenvalue weighted by Gasteiger charge is -2.10. The zero-order valence-corrected chi connectivity index (χ0v) is 30.9. The van der Waals surface area contributed by atoms with Crippen LogP contribution in [0, 0.1) is 0 Å². The molecule has 0 bridgehead atoms. The molecule has 0 amide bonds. The fourth-order valence-electron chi connectivity index (χ4n) is 7.82. The molecule has 0 fully saturated rings. The first-order chi connectivity index (χ1) is 28.2. The molecule has 0 aliphatic rings. The minimum atomic E-state index is 0.544. The lowest BCUT2D eigenvalue weighted by Crippen LogP contribution is -2.00. The predicted molar refractivity (Wildman–Crippen MR) is 230 cm³/mol. The minimum Gasteiger partial charge on any atom is -0.456 e. The molecule has 7 nitrogen and oxygen atoms in total. The van der Waals surface area contributed by atoms with Crippen LogP contribution in [-0.4, -0.2) is 24.9 Å². The molecule has 0 unspecified atom stereocenters. The second-order valence-corrected chi connectivity index (χ2v) is 15.1. The van der Waals surface area contributed by atoms with E-state index in [2.05, 4.69) is 72.8 Å². The summed E-state index contributed by atoms with van der Waals surface area (Å²) in [6, 6.07) is 55.3. The van der Waals surface area contributed by atoms with Gasteiger partial charge in [0.05, 0.1) is 21.5 Å². The maximum atomic E-state index is 6.41. The van der Waals surface area contributed by atoms with Crippen molar-refractivity contribution in [3.8, 4) is 56.8 Å². The van der Waals surface area contributed by atoms with Crippen LogP contribution in [0.2, 0.25) is 0 Å². The average Bonchev–Trinajstić information content (AvgIpc) is 3.97. The summed E-state index contributed by atoms with van der Waals surface area (Å²) in [6.45, 7) is 0. The van der Waals surface area contributed by atoms with Gasteiger partial charge in [0.15, 0.2) is 23.3 Å². The first-order valence-electron chi connectivity index (χ1n) is 18.7. The van der Waals surface area contributed by atoms with Gasteiger partial charge in [0, 0.05) is 53.9 Å². The van der Waals surface area contributed by atoms with Crippen LogP contribution < -0.4 is 0 Å². The molecule has 0 N–H and O–H groups in total. The van der Waals surface area contributed by atoms with Gasteiger partial charge in [-0.25, -0.2) is 24.9 Å². The van der Waals surface area contributed by atoms with Crippen LogP contribution in [0.1, 0.15) is 0 Å². The van der Waals surface area contributed by atoms with Crippen LogP contribution in [0.15, 0.2) is 173 Å². The number of nitrogens with zero attached hydrogens (tertiary/aromatic N) is 5. The Morgan fingerprint density at radius 3 is 1.75 bits per heavy atom. The lowest BCUT2D eigenvalue weighted by molar-refractivity contribution is 0.669. The highest BCUT2D eigenvalue weighted by atomic mass is 32.1. The van der Waals surface area contributed by atoms with E-state index in [1.807, 2.05) is 91.0 Å². The molecule has 0 aliphatic carbocycles. The molecule has 0 atom stereocenters. The van der Waals surface area contributed by atoms with Gasteiger partial charge in [-0.1, -0.05) is 121 Å². The quantitative estimate of drug-likeness (QED) is 0.173. The molecule has 57 heavy (non-hydrogen) atoms. The van der Waals surface area contributed by atoms with Crippen molar-refractivity contribution in [2.24, 2.45) is 0 Å². The largest absolute Gasteiger partial charge is 0.456 e. The molecule has 12 rings (SSSR count). The molecular weight excluding hydrogens is 723 g/mol. The Labute approximate surface area is 328 Å². The topological polar surface area (TPSA) is 90.7 Å². The summed E-state index contributed by atoms with van der Waals surface area (Å²) in [4.78, 5) is 25.6. The first kappa shape index (κ1) is 31.8. The number of hydrogen-bond acceptors (Lipinski definition) is 8. The van der Waals surface area contributed by atoms with Gasteiger partial charge in [-0.2, -0.15) is 0 Å². The van der Waals surface area contributed by atoms with E-state index in [4.69, 9.17) is 33.8 Å². The summed E-state index contributed by atoms with van der Waals surface area (Å²) >= 11 is 1.71. The Kier molecular flexibility index (Phi) is 6.96. The van der Waals surface area contributed by atoms with Gasteiger partial charge in [-0.3, -0.25) is 0 Å². The molecule has 0 saturated heterocycles. The van der Waals surface area contributed by atoms with Gasteiger partial charge in [0.1, 0.15) is 22.3 Å². The molecule has 0 saturated carbocycles. The number of thiophene rings is 1. The number of aromatic nitrogens is 5. The van der Waals surface area contributed by atoms with E-state index in [1.165, 1.54) is 4.70 Å². The van der Waals surface area contributed by atoms with E-state index in [-0.39, 0.29) is 0 Å². The van der Waals surface area contributed by atoms with E-state index < -0.39 is 0 Å². The molecule has 8 heteroatoms. The standard InChI is InChI=1S/C49H27N5O2S/c1-2-11-29(12-3-1)46-52-47(54-49(53-46)36-17-10-16-34-32-13-4-8-19-39(32)56-44(34)36)30-23-21-28(22-24-30)42-45-43(35-15-6-9-20-41(35)57-45)51-48(50-42)31-25-26-40-37(27-31)33-14-5-7-18-38(33)55-40/h1-27H. The zero-order valence-electron chi connectivity index (χ0n) is 30.0. The Balaban J connectivity index is 1.01. The summed E-state index contributed by atoms with van der Waals surface area (Å²) in [7, 11) is 0. The monoisotopic (exact) mass is 749 g/mol. The van der Waals surface area contributed by atoms with Crippen LogP contribution >= 0.6 is 11.3 Å². The van der Waals surface area contributed by atoms with Crippen molar-refractivity contribution in [1.29, 1.82) is 0 Å². The summed E-state index contributed by atoms with van der Waals surface area (Å²) in [6.07, 6.45) is 0. The number of benzene rings is 7. The van der Waals surface area contributed by atoms with Crippen molar-refractivity contribution in [2.45, 2.75) is 0 Å². The van der Waals surface area contributed by atoms with Crippen molar-refractivity contribution < 1.29 is 8.83 Å². The van der Waals surface area contributed by atoms with Gasteiger partial charge in [-0.15, -0.1) is 11.3 Å². The molecule has 7 aromatic carbocycles. The summed E-state index contributed by atoms with van der Waals surface area (Å²) in [5.74, 6) is 2.35. The first-order valence-corrected chi connectivity index (χ1v) is 19.5. The smallest absolute Gasteiger partial charge is 0.167 e. The highest BCUT2D eigenvalue weighted by Crippen LogP contribution is 2.41. The Morgan fingerprint density at radius 2 is 0.947 bits per heavy atom. The lowest BCUT2D eigenvalue weighted by atomic mass is 10.1. The molecule has 0 aliphatic heterocycles. The molecule has 12 aromatic rings. The zero-order chi connectivity index (χ0) is 37.5. The van der Waals surface area contributed by atoms with E-state index in [0.717, 1.165) is 93.0 Å². The highest BCUT2D eigenvalue weighted by Gasteiger charge is 2.20. The maximum Gasteiger partial charge on any atom is 0.167 e. The van der Waals surface area contributed by atoms with E-state index >= 15 is 0 Å². The van der Waals surface area contributed by atoms with Crippen LogP contribution in [0.5, 0.6) is 0 Å². The van der Waals surface area contributed by atoms with Crippen molar-refractivity contribution in [3.63, 3.8) is 0 Å². The molecule has 0 spiro atoms. The fraction of sp³-hybridized carbons (Fsp3) is 0. The number of furan rings is 2. The van der Waals surface area contributed by atoms with Gasteiger partial charge < -0.3 is 8.83 Å². The number of fused-ring (bicyclic) bond motifs is 9. The van der Waals surface area contributed by atoms with E-state index in [1.54, 1.807) is 11.3 Å². The third-order valence-corrected chi connectivity index (χ3v) is 11.8. The predicted octanol–water partition coefficient (Wildman–Crippen LogP) is 13.2. The average molecular weight is 750 g/mol. The Bertz CT molecular complexity index is 3530. The van der Waals surface area contributed by atoms with Gasteiger partial charge >= 0.3 is 0 Å². The summed E-state index contributed by atoms with van der Waals surface area (Å²) < 4.78 is 14.8. The van der Waals surface area contributed by atoms with E-state index in [0.29, 0.717) is 23.3 Å². The highest BCUT2D eigenvalue weighted by molar-refractivity contribution is 7.26. The maximum absolute atomic E-state index is 6.41. The Morgan fingerprint density at radius 1 is 0.368 bits per heavy atom. The van der Waals surface area contributed by atoms with Crippen molar-refractivity contribution in [1.82, 2.24) is 24.9 Å². The molecule has 5 aromatic heterocycles. The summed E-state index contributed by atoms with van der Waals surface area (Å²) in [5, 5.41) is 5.29. The van der Waals surface area contributed by atoms with Crippen LogP contribution in [0.3, 0.4) is 0 Å². The van der Waals surface area contributed by atoms with Crippen LogP contribution in [0.25, 0.3) is 121 Å². The van der Waals surface area contributed by atoms with Gasteiger partial charge in [0.25, 0.3) is 0 Å². The Hall–Kier alpha value is -7.55. The molecular formula is C49H27N5O2S. The van der Waals surface area contributed by atoms with Crippen LogP contribution in [-0.2, 0) is 0 Å². The minimum absolute atomic E-state index is 0.544. The summed E-state index contributed by atoms with van der Waals surface area (Å²) in [5.41, 5.74) is 9.54. The van der Waals surface area contributed by atoms with Crippen LogP contribution in [0.4, 0.5) is 0 Å². The number of rotatable bonds is 5. The second-order valence-electron chi connectivity index (χ2n) is 14.0. The molecule has 266 valence electrons. The van der Waals surface area contributed by atoms with Gasteiger partial charge in [-0.05, 0) is 42.5 Å².